The molecule has 154 valence electrons. The van der Waals surface area contributed by atoms with E-state index < -0.39 is 0 Å². The molecule has 1 unspecified atom stereocenters. The van der Waals surface area contributed by atoms with Gasteiger partial charge in [-0.15, -0.1) is 0 Å². The van der Waals surface area contributed by atoms with Crippen LogP contribution in [0.15, 0.2) is 48.5 Å². The number of benzene rings is 2. The summed E-state index contributed by atoms with van der Waals surface area (Å²) in [5.41, 5.74) is 3.17. The summed E-state index contributed by atoms with van der Waals surface area (Å²) in [7, 11) is 1.77. The fraction of sp³-hybridized carbons (Fsp3) is 0.480. The number of methoxy groups -OCH3 is 1. The number of nitrogens with zero attached hydrogens (tertiary/aromatic N) is 1. The number of hydrogen-bond donors (Lipinski definition) is 0. The Morgan fingerprint density at radius 1 is 1.10 bits per heavy atom. The lowest BCUT2D eigenvalue weighted by atomic mass is 9.81. The highest BCUT2D eigenvalue weighted by Crippen LogP contribution is 2.31. The van der Waals surface area contributed by atoms with Crippen molar-refractivity contribution in [2.45, 2.75) is 44.8 Å². The average molecular weight is 394 g/mol. The summed E-state index contributed by atoms with van der Waals surface area (Å²) in [6.45, 7) is 3.48. The standard InChI is InChI=1S/C25H31NO3/c1-28-18-22-8-5-14-26(22)15-13-20-9-10-21-16-23(11-12-24(21)25(20)27)29-17-19-6-3-2-4-7-19/h2-4,6-7,11-12,16,20,22H,5,8-10,13-15,17-18H2,1H3/t20?,22-/m0/s1. The zero-order valence-electron chi connectivity index (χ0n) is 17.3. The maximum absolute atomic E-state index is 13.0. The molecule has 1 heterocycles. The van der Waals surface area contributed by atoms with Crippen molar-refractivity contribution in [3.05, 3.63) is 65.2 Å². The summed E-state index contributed by atoms with van der Waals surface area (Å²) in [6.07, 6.45) is 5.29. The van der Waals surface area contributed by atoms with E-state index in [0.29, 0.717) is 18.4 Å². The van der Waals surface area contributed by atoms with Gasteiger partial charge in [-0.3, -0.25) is 9.69 Å². The number of ketones is 1. The lowest BCUT2D eigenvalue weighted by Crippen LogP contribution is -2.35. The molecule has 2 aromatic carbocycles. The van der Waals surface area contributed by atoms with Crippen molar-refractivity contribution >= 4 is 5.78 Å². The molecule has 1 fully saturated rings. The van der Waals surface area contributed by atoms with E-state index >= 15 is 0 Å². The Kier molecular flexibility index (Phi) is 6.63. The largest absolute Gasteiger partial charge is 0.489 e. The molecule has 1 aliphatic heterocycles. The van der Waals surface area contributed by atoms with Crippen molar-refractivity contribution in [1.82, 2.24) is 4.90 Å². The first kappa shape index (κ1) is 20.1. The van der Waals surface area contributed by atoms with Crippen LogP contribution in [0.4, 0.5) is 0 Å². The molecule has 2 aromatic rings. The molecular weight excluding hydrogens is 362 g/mol. The molecule has 4 nitrogen and oxygen atoms in total. The molecule has 0 aromatic heterocycles. The number of likely N-dealkylation sites (tertiary alicyclic amines) is 1. The lowest BCUT2D eigenvalue weighted by molar-refractivity contribution is 0.0854. The van der Waals surface area contributed by atoms with Gasteiger partial charge in [0.15, 0.2) is 5.78 Å². The molecule has 2 atom stereocenters. The van der Waals surface area contributed by atoms with E-state index in [-0.39, 0.29) is 5.92 Å². The van der Waals surface area contributed by atoms with Crippen LogP contribution in [-0.4, -0.2) is 43.5 Å². The predicted molar refractivity (Wildman–Crippen MR) is 114 cm³/mol. The van der Waals surface area contributed by atoms with Crippen LogP contribution in [-0.2, 0) is 17.8 Å². The number of aryl methyl sites for hydroxylation is 1. The second kappa shape index (κ2) is 9.55. The summed E-state index contributed by atoms with van der Waals surface area (Å²) < 4.78 is 11.3. The quantitative estimate of drug-likeness (QED) is 0.661. The first-order chi connectivity index (χ1) is 14.2. The highest BCUT2D eigenvalue weighted by atomic mass is 16.5. The minimum atomic E-state index is 0.141. The molecule has 0 amide bonds. The summed E-state index contributed by atoms with van der Waals surface area (Å²) in [6, 6.07) is 16.6. The van der Waals surface area contributed by atoms with Gasteiger partial charge in [0.1, 0.15) is 12.4 Å². The van der Waals surface area contributed by atoms with Gasteiger partial charge in [0.25, 0.3) is 0 Å². The lowest BCUT2D eigenvalue weighted by Gasteiger charge is -2.28. The molecule has 1 saturated heterocycles. The van der Waals surface area contributed by atoms with Gasteiger partial charge in [0, 0.05) is 24.6 Å². The van der Waals surface area contributed by atoms with Crippen molar-refractivity contribution in [1.29, 1.82) is 0 Å². The number of carbonyl (C=O) groups is 1. The smallest absolute Gasteiger partial charge is 0.166 e. The average Bonchev–Trinajstić information content (AvgIpc) is 3.20. The number of hydrogen-bond acceptors (Lipinski definition) is 4. The van der Waals surface area contributed by atoms with Crippen molar-refractivity contribution in [3.8, 4) is 5.75 Å². The Balaban J connectivity index is 1.34. The van der Waals surface area contributed by atoms with Crippen LogP contribution >= 0.6 is 0 Å². The Labute approximate surface area is 173 Å². The normalized spacial score (nSPS) is 21.9. The Morgan fingerprint density at radius 3 is 2.79 bits per heavy atom. The SMILES string of the molecule is COC[C@@H]1CCCN1CCC1CCc2cc(OCc3ccccc3)ccc2C1=O. The number of ether oxygens (including phenoxy) is 2. The summed E-state index contributed by atoms with van der Waals surface area (Å²) in [5, 5.41) is 0. The summed E-state index contributed by atoms with van der Waals surface area (Å²) in [5.74, 6) is 1.30. The second-order valence-corrected chi connectivity index (χ2v) is 8.27. The van der Waals surface area contributed by atoms with Gasteiger partial charge in [-0.2, -0.15) is 0 Å². The van der Waals surface area contributed by atoms with E-state index in [4.69, 9.17) is 9.47 Å². The van der Waals surface area contributed by atoms with Crippen LogP contribution in [0.25, 0.3) is 0 Å². The van der Waals surface area contributed by atoms with Gasteiger partial charge < -0.3 is 9.47 Å². The van der Waals surface area contributed by atoms with E-state index in [1.54, 1.807) is 7.11 Å². The van der Waals surface area contributed by atoms with Crippen molar-refractivity contribution in [2.24, 2.45) is 5.92 Å². The van der Waals surface area contributed by atoms with Gasteiger partial charge in [0.05, 0.1) is 6.61 Å². The number of fused-ring (bicyclic) bond motifs is 1. The highest BCUT2D eigenvalue weighted by molar-refractivity contribution is 6.00. The molecule has 29 heavy (non-hydrogen) atoms. The maximum Gasteiger partial charge on any atom is 0.166 e. The molecule has 2 aliphatic rings. The Morgan fingerprint density at radius 2 is 1.97 bits per heavy atom. The van der Waals surface area contributed by atoms with E-state index in [1.165, 1.54) is 12.8 Å². The monoisotopic (exact) mass is 393 g/mol. The fourth-order valence-corrected chi connectivity index (χ4v) is 4.70. The maximum atomic E-state index is 13.0. The molecule has 4 rings (SSSR count). The zero-order valence-corrected chi connectivity index (χ0v) is 17.3. The highest BCUT2D eigenvalue weighted by Gasteiger charge is 2.30. The zero-order chi connectivity index (χ0) is 20.1. The summed E-state index contributed by atoms with van der Waals surface area (Å²) in [4.78, 5) is 15.5. The van der Waals surface area contributed by atoms with Crippen LogP contribution in [0, 0.1) is 5.92 Å². The van der Waals surface area contributed by atoms with Gasteiger partial charge in [-0.25, -0.2) is 0 Å². The third-order valence-corrected chi connectivity index (χ3v) is 6.35. The Hall–Kier alpha value is -2.17. The molecule has 0 spiro atoms. The molecule has 0 N–H and O–H groups in total. The van der Waals surface area contributed by atoms with Crippen LogP contribution in [0.1, 0.15) is 47.2 Å². The molecule has 0 radical (unpaired) electrons. The van der Waals surface area contributed by atoms with Crippen LogP contribution in [0.3, 0.4) is 0 Å². The van der Waals surface area contributed by atoms with Gasteiger partial charge in [-0.05, 0) is 74.5 Å². The fourth-order valence-electron chi connectivity index (χ4n) is 4.70. The first-order valence-electron chi connectivity index (χ1n) is 10.8. The number of carbonyl (C=O) groups excluding carboxylic acids is 1. The van der Waals surface area contributed by atoms with Crippen LogP contribution < -0.4 is 4.74 Å². The minimum Gasteiger partial charge on any atom is -0.489 e. The van der Waals surface area contributed by atoms with Gasteiger partial charge in [-0.1, -0.05) is 30.3 Å². The number of Topliss-reactive ketones (excluding diaryl/α,β-unsaturated/α-hetero) is 1. The third-order valence-electron chi connectivity index (χ3n) is 6.35. The van der Waals surface area contributed by atoms with E-state index in [0.717, 1.165) is 61.4 Å². The van der Waals surface area contributed by atoms with Gasteiger partial charge in [0.2, 0.25) is 0 Å². The van der Waals surface area contributed by atoms with E-state index in [9.17, 15) is 4.79 Å². The molecule has 0 bridgehead atoms. The Bertz CT molecular complexity index is 820. The predicted octanol–water partition coefficient (Wildman–Crippen LogP) is 4.51. The van der Waals surface area contributed by atoms with Crippen molar-refractivity contribution < 1.29 is 14.3 Å². The van der Waals surface area contributed by atoms with Crippen molar-refractivity contribution in [2.75, 3.05) is 26.8 Å². The molecule has 1 aliphatic carbocycles. The molecule has 0 saturated carbocycles. The first-order valence-corrected chi connectivity index (χ1v) is 10.8. The number of rotatable bonds is 8. The van der Waals surface area contributed by atoms with Crippen molar-refractivity contribution in [3.63, 3.8) is 0 Å². The summed E-state index contributed by atoms with van der Waals surface area (Å²) >= 11 is 0. The van der Waals surface area contributed by atoms with Gasteiger partial charge >= 0.3 is 0 Å². The van der Waals surface area contributed by atoms with Crippen LogP contribution in [0.5, 0.6) is 5.75 Å². The minimum absolute atomic E-state index is 0.141. The van der Waals surface area contributed by atoms with E-state index in [1.807, 2.05) is 30.3 Å². The van der Waals surface area contributed by atoms with E-state index in [2.05, 4.69) is 23.1 Å². The topological polar surface area (TPSA) is 38.8 Å². The molecule has 4 heteroatoms. The third kappa shape index (κ3) is 4.88. The van der Waals surface area contributed by atoms with Crippen LogP contribution in [0.2, 0.25) is 0 Å². The molecular formula is C25H31NO3. The second-order valence-electron chi connectivity index (χ2n) is 8.27.